The van der Waals surface area contributed by atoms with Crippen LogP contribution < -0.4 is 16.8 Å². The highest BCUT2D eigenvalue weighted by Gasteiger charge is 2.17. The predicted molar refractivity (Wildman–Crippen MR) is 124 cm³/mol. The second-order valence-electron chi connectivity index (χ2n) is 7.54. The lowest BCUT2D eigenvalue weighted by molar-refractivity contribution is 0.0996. The number of carbonyl (C=O) groups is 2. The van der Waals surface area contributed by atoms with Crippen molar-refractivity contribution < 1.29 is 9.59 Å². The monoisotopic (exact) mass is 426 g/mol. The van der Waals surface area contributed by atoms with Gasteiger partial charge in [0.05, 0.1) is 0 Å². The number of amidine groups is 1. The van der Waals surface area contributed by atoms with Crippen LogP contribution in [-0.2, 0) is 6.54 Å². The third kappa shape index (κ3) is 4.20. The van der Waals surface area contributed by atoms with E-state index in [0.29, 0.717) is 29.2 Å². The number of pyridine rings is 1. The number of hydrogen-bond donors (Lipinski definition) is 4. The molecule has 4 aromatic rings. The molecule has 0 saturated heterocycles. The molecule has 160 valence electrons. The van der Waals surface area contributed by atoms with Crippen molar-refractivity contribution in [3.63, 3.8) is 0 Å². The Bertz CT molecular complexity index is 1340. The second-order valence-corrected chi connectivity index (χ2v) is 7.54. The minimum Gasteiger partial charge on any atom is -0.384 e. The Morgan fingerprint density at radius 2 is 1.72 bits per heavy atom. The Morgan fingerprint density at radius 3 is 2.34 bits per heavy atom. The summed E-state index contributed by atoms with van der Waals surface area (Å²) in [6.07, 6.45) is 1.69. The van der Waals surface area contributed by atoms with Crippen molar-refractivity contribution in [1.82, 2.24) is 9.55 Å². The number of carbonyl (C=O) groups excluding carboxylic acids is 2. The quantitative estimate of drug-likeness (QED) is 0.278. The molecule has 6 N–H and O–H groups in total. The van der Waals surface area contributed by atoms with Crippen molar-refractivity contribution >= 4 is 34.4 Å². The van der Waals surface area contributed by atoms with Crippen LogP contribution in [0.3, 0.4) is 0 Å². The van der Waals surface area contributed by atoms with E-state index < -0.39 is 5.91 Å². The highest BCUT2D eigenvalue weighted by molar-refractivity contribution is 6.07. The molecule has 0 atom stereocenters. The number of aromatic nitrogens is 2. The number of hydrogen-bond acceptors (Lipinski definition) is 4. The summed E-state index contributed by atoms with van der Waals surface area (Å²) in [7, 11) is 0. The molecule has 0 spiro atoms. The third-order valence-corrected chi connectivity index (χ3v) is 5.18. The summed E-state index contributed by atoms with van der Waals surface area (Å²) < 4.78 is 1.85. The van der Waals surface area contributed by atoms with Crippen LogP contribution in [0.25, 0.3) is 10.9 Å². The minimum atomic E-state index is -0.500. The van der Waals surface area contributed by atoms with Gasteiger partial charge < -0.3 is 21.4 Å². The predicted octanol–water partition coefficient (Wildman–Crippen LogP) is 3.03. The zero-order valence-electron chi connectivity index (χ0n) is 17.4. The van der Waals surface area contributed by atoms with Crippen LogP contribution >= 0.6 is 0 Å². The number of rotatable bonds is 6. The van der Waals surface area contributed by atoms with Crippen LogP contribution in [0.2, 0.25) is 0 Å². The van der Waals surface area contributed by atoms with Crippen LogP contribution in [0.1, 0.15) is 37.5 Å². The van der Waals surface area contributed by atoms with Gasteiger partial charge in [0.25, 0.3) is 5.91 Å². The SMILES string of the molecule is Cc1ccc(NC(=O)c2cc3ccc(C(=N)N)cc3n2Cc2ccc(C(N)=O)cc2)nc1. The van der Waals surface area contributed by atoms with Gasteiger partial charge in [-0.1, -0.05) is 30.3 Å². The summed E-state index contributed by atoms with van der Waals surface area (Å²) in [4.78, 5) is 28.8. The highest BCUT2D eigenvalue weighted by Crippen LogP contribution is 2.24. The Hall–Kier alpha value is -4.46. The van der Waals surface area contributed by atoms with Crippen molar-refractivity contribution in [2.45, 2.75) is 13.5 Å². The van der Waals surface area contributed by atoms with Gasteiger partial charge in [-0.05, 0) is 48.4 Å². The molecule has 0 fully saturated rings. The smallest absolute Gasteiger partial charge is 0.273 e. The van der Waals surface area contributed by atoms with Crippen molar-refractivity contribution in [2.75, 3.05) is 5.32 Å². The molecule has 0 unspecified atom stereocenters. The van der Waals surface area contributed by atoms with E-state index >= 15 is 0 Å². The molecule has 0 bridgehead atoms. The van der Waals surface area contributed by atoms with Gasteiger partial charge >= 0.3 is 0 Å². The van der Waals surface area contributed by atoms with Crippen LogP contribution in [0.15, 0.2) is 66.9 Å². The Balaban J connectivity index is 1.76. The zero-order chi connectivity index (χ0) is 22.8. The van der Waals surface area contributed by atoms with Crippen molar-refractivity contribution in [3.8, 4) is 0 Å². The van der Waals surface area contributed by atoms with Gasteiger partial charge in [-0.25, -0.2) is 4.98 Å². The number of nitrogens with zero attached hydrogens (tertiary/aromatic N) is 2. The first-order valence-electron chi connectivity index (χ1n) is 9.92. The Morgan fingerprint density at radius 1 is 1.00 bits per heavy atom. The lowest BCUT2D eigenvalue weighted by atomic mass is 10.1. The fraction of sp³-hybridized carbons (Fsp3) is 0.0833. The summed E-state index contributed by atoms with van der Waals surface area (Å²) in [6.45, 7) is 2.29. The van der Waals surface area contributed by atoms with E-state index in [4.69, 9.17) is 16.9 Å². The van der Waals surface area contributed by atoms with Gasteiger partial charge in [-0.15, -0.1) is 0 Å². The number of benzene rings is 2. The molecule has 2 aromatic carbocycles. The molecule has 8 nitrogen and oxygen atoms in total. The van der Waals surface area contributed by atoms with E-state index in [0.717, 1.165) is 22.0 Å². The van der Waals surface area contributed by atoms with Gasteiger partial charge in [-0.2, -0.15) is 0 Å². The van der Waals surface area contributed by atoms with E-state index in [2.05, 4.69) is 10.3 Å². The maximum absolute atomic E-state index is 13.1. The summed E-state index contributed by atoms with van der Waals surface area (Å²) in [6, 6.07) is 17.7. The number of primary amides is 1. The molecule has 2 heterocycles. The summed E-state index contributed by atoms with van der Waals surface area (Å²) in [5, 5.41) is 11.4. The van der Waals surface area contributed by atoms with E-state index in [1.807, 2.05) is 23.6 Å². The number of anilines is 1. The normalized spacial score (nSPS) is 10.8. The summed E-state index contributed by atoms with van der Waals surface area (Å²) >= 11 is 0. The van der Waals surface area contributed by atoms with Crippen molar-refractivity contribution in [1.29, 1.82) is 5.41 Å². The van der Waals surface area contributed by atoms with Crippen LogP contribution in [0.4, 0.5) is 5.82 Å². The van der Waals surface area contributed by atoms with E-state index in [9.17, 15) is 9.59 Å². The Kier molecular flexibility index (Phi) is 5.43. The average Bonchev–Trinajstić information content (AvgIpc) is 3.13. The highest BCUT2D eigenvalue weighted by atomic mass is 16.2. The van der Waals surface area contributed by atoms with Crippen molar-refractivity contribution in [3.05, 3.63) is 94.8 Å². The average molecular weight is 426 g/mol. The van der Waals surface area contributed by atoms with Crippen LogP contribution in [-0.4, -0.2) is 27.2 Å². The van der Waals surface area contributed by atoms with Gasteiger partial charge in [0.1, 0.15) is 17.3 Å². The molecule has 8 heteroatoms. The number of aryl methyl sites for hydroxylation is 1. The molecule has 0 aliphatic rings. The fourth-order valence-electron chi connectivity index (χ4n) is 3.46. The van der Waals surface area contributed by atoms with E-state index in [1.165, 1.54) is 0 Å². The number of nitrogen functional groups attached to an aromatic ring is 1. The molecule has 0 aliphatic heterocycles. The molecular weight excluding hydrogens is 404 g/mol. The largest absolute Gasteiger partial charge is 0.384 e. The topological polar surface area (TPSA) is 140 Å². The van der Waals surface area contributed by atoms with E-state index in [-0.39, 0.29) is 11.7 Å². The standard InChI is InChI=1S/C24H22N6O2/c1-14-2-9-21(28-12-14)29-24(32)20-10-17-7-8-18(22(25)26)11-19(17)30(20)13-15-3-5-16(6-4-15)23(27)31/h2-12H,13H2,1H3,(H3,25,26)(H2,27,31)(H,28,29,32). The maximum atomic E-state index is 13.1. The second kappa shape index (κ2) is 8.35. The molecule has 0 saturated carbocycles. The summed E-state index contributed by atoms with van der Waals surface area (Å²) in [5.74, 6) is -0.414. The van der Waals surface area contributed by atoms with Gasteiger partial charge in [0.15, 0.2) is 0 Å². The van der Waals surface area contributed by atoms with Crippen LogP contribution in [0.5, 0.6) is 0 Å². The maximum Gasteiger partial charge on any atom is 0.273 e. The number of fused-ring (bicyclic) bond motifs is 1. The van der Waals surface area contributed by atoms with Crippen LogP contribution in [0, 0.1) is 12.3 Å². The van der Waals surface area contributed by atoms with Crippen molar-refractivity contribution in [2.24, 2.45) is 11.5 Å². The first-order chi connectivity index (χ1) is 15.3. The molecule has 4 rings (SSSR count). The molecular formula is C24H22N6O2. The first-order valence-corrected chi connectivity index (χ1v) is 9.92. The lowest BCUT2D eigenvalue weighted by Crippen LogP contribution is -2.18. The first kappa shape index (κ1) is 20.8. The molecule has 32 heavy (non-hydrogen) atoms. The molecule has 0 aliphatic carbocycles. The molecule has 2 amide bonds. The van der Waals surface area contributed by atoms with Gasteiger partial charge in [0, 0.05) is 34.8 Å². The minimum absolute atomic E-state index is 0.0553. The summed E-state index contributed by atoms with van der Waals surface area (Å²) in [5.41, 5.74) is 15.0. The zero-order valence-corrected chi connectivity index (χ0v) is 17.4. The third-order valence-electron chi connectivity index (χ3n) is 5.18. The van der Waals surface area contributed by atoms with Gasteiger partial charge in [-0.3, -0.25) is 15.0 Å². The number of nitrogens with two attached hydrogens (primary N) is 2. The number of amides is 2. The molecule has 2 aromatic heterocycles. The lowest BCUT2D eigenvalue weighted by Gasteiger charge is -2.12. The molecule has 0 radical (unpaired) electrons. The fourth-order valence-corrected chi connectivity index (χ4v) is 3.46. The van der Waals surface area contributed by atoms with E-state index in [1.54, 1.807) is 54.7 Å². The Labute approximate surface area is 184 Å². The number of nitrogens with one attached hydrogen (secondary N) is 2. The van der Waals surface area contributed by atoms with Gasteiger partial charge in [0.2, 0.25) is 5.91 Å².